The number of unbranched alkanes of at least 4 members (excludes halogenated alkanes) is 45. The maximum absolute atomic E-state index is 13.0. The highest BCUT2D eigenvalue weighted by Crippen LogP contribution is 2.19. The number of aliphatic carboxylic acids is 1. The van der Waals surface area contributed by atoms with Crippen LogP contribution < -0.4 is 5.11 Å². The lowest BCUT2D eigenvalue weighted by Crippen LogP contribution is -2.44. The lowest BCUT2D eigenvalue weighted by Gasteiger charge is -2.26. The van der Waals surface area contributed by atoms with Gasteiger partial charge in [0.15, 0.2) is 12.4 Å². The molecule has 0 bridgehead atoms. The number of likely N-dealkylation sites (N-methyl/N-ethyl adjacent to an activating group) is 1. The summed E-state index contributed by atoms with van der Waals surface area (Å²) in [5.41, 5.74) is 0. The summed E-state index contributed by atoms with van der Waals surface area (Å²) in [4.78, 5) is 37.5. The lowest BCUT2D eigenvalue weighted by molar-refractivity contribution is -0.870. The third kappa shape index (κ3) is 70.3. The second-order valence-electron chi connectivity index (χ2n) is 26.6. The van der Waals surface area contributed by atoms with Gasteiger partial charge in [-0.05, 0) is 57.8 Å². The summed E-state index contributed by atoms with van der Waals surface area (Å²) < 4.78 is 22.9. The van der Waals surface area contributed by atoms with Gasteiger partial charge in [-0.25, -0.2) is 0 Å². The molecular weight excluding hydrogens is 1080 g/mol. The smallest absolute Gasteiger partial charge is 0.306 e. The van der Waals surface area contributed by atoms with Crippen LogP contribution in [0.4, 0.5) is 0 Å². The van der Waals surface area contributed by atoms with E-state index in [1.807, 2.05) is 21.1 Å². The summed E-state index contributed by atoms with van der Waals surface area (Å²) in [7, 11) is 5.94. The number of carbonyl (C=O) groups excluding carboxylic acids is 3. The molecule has 0 aromatic heterocycles. The van der Waals surface area contributed by atoms with Crippen LogP contribution >= 0.6 is 0 Å². The maximum Gasteiger partial charge on any atom is 0.306 e. The minimum atomic E-state index is -1.62. The maximum atomic E-state index is 13.0. The van der Waals surface area contributed by atoms with Gasteiger partial charge in [-0.3, -0.25) is 9.59 Å². The van der Waals surface area contributed by atoms with Crippen molar-refractivity contribution >= 4 is 17.9 Å². The molecule has 0 saturated heterocycles. The summed E-state index contributed by atoms with van der Waals surface area (Å²) in [6.45, 7) is 4.70. The van der Waals surface area contributed by atoms with E-state index >= 15 is 0 Å². The van der Waals surface area contributed by atoms with Crippen LogP contribution in [-0.2, 0) is 33.3 Å². The molecule has 0 heterocycles. The third-order valence-corrected chi connectivity index (χ3v) is 16.8. The minimum absolute atomic E-state index is 0.149. The number of hydrogen-bond acceptors (Lipinski definition) is 8. The number of ether oxygens (including phenoxy) is 4. The standard InChI is InChI=1S/C78H143NO8/c1-6-8-10-12-14-16-18-20-22-24-26-28-30-32-34-36-37-38-39-41-43-45-47-49-51-53-55-57-59-61-63-65-67-69-76(81)87-74(73-86-78(77(82)83)84-71-70-79(3,4)5)72-85-75(80)68-66-64-62-60-58-56-54-52-50-48-46-44-42-40-35-33-31-29-27-25-23-21-19-17-15-13-11-9-7-2/h8,10,14,16,20,22,26,28,32,34,74,78H,6-7,9,11-13,15,17-19,21,23-25,27,29-31,33,35-73H2,1-5H3/b10-8-,16-14-,22-20-,28-26-,34-32-. The number of carbonyl (C=O) groups is 3. The van der Waals surface area contributed by atoms with E-state index < -0.39 is 24.3 Å². The van der Waals surface area contributed by atoms with Crippen molar-refractivity contribution in [3.63, 3.8) is 0 Å². The topological polar surface area (TPSA) is 111 Å². The van der Waals surface area contributed by atoms with Crippen LogP contribution in [0.2, 0.25) is 0 Å². The average Bonchev–Trinajstić information content (AvgIpc) is 3.59. The van der Waals surface area contributed by atoms with Crippen molar-refractivity contribution in [3.05, 3.63) is 60.8 Å². The van der Waals surface area contributed by atoms with Crippen LogP contribution in [0.5, 0.6) is 0 Å². The average molecular weight is 1220 g/mol. The van der Waals surface area contributed by atoms with Crippen LogP contribution in [0.15, 0.2) is 60.8 Å². The van der Waals surface area contributed by atoms with Crippen molar-refractivity contribution in [1.29, 1.82) is 0 Å². The lowest BCUT2D eigenvalue weighted by atomic mass is 10.0. The van der Waals surface area contributed by atoms with Crippen molar-refractivity contribution in [2.24, 2.45) is 0 Å². The Balaban J connectivity index is 4.03. The molecule has 87 heavy (non-hydrogen) atoms. The normalized spacial score (nSPS) is 13.0. The van der Waals surface area contributed by atoms with Crippen LogP contribution in [0, 0.1) is 0 Å². The molecule has 2 atom stereocenters. The molecule has 9 nitrogen and oxygen atoms in total. The van der Waals surface area contributed by atoms with Crippen molar-refractivity contribution in [1.82, 2.24) is 0 Å². The third-order valence-electron chi connectivity index (χ3n) is 16.8. The Labute approximate surface area is 539 Å². The minimum Gasteiger partial charge on any atom is -0.545 e. The van der Waals surface area contributed by atoms with Crippen molar-refractivity contribution < 1.29 is 42.9 Å². The zero-order chi connectivity index (χ0) is 63.3. The molecular formula is C78H143NO8. The highest BCUT2D eigenvalue weighted by Gasteiger charge is 2.22. The second-order valence-corrected chi connectivity index (χ2v) is 26.6. The first kappa shape index (κ1) is 84.0. The summed E-state index contributed by atoms with van der Waals surface area (Å²) in [5.74, 6) is -2.26. The molecule has 508 valence electrons. The molecule has 0 saturated carbocycles. The number of allylic oxidation sites excluding steroid dienone is 10. The van der Waals surface area contributed by atoms with Crippen molar-refractivity contribution in [3.8, 4) is 0 Å². The van der Waals surface area contributed by atoms with E-state index in [2.05, 4.69) is 74.6 Å². The van der Waals surface area contributed by atoms with Gasteiger partial charge in [-0.2, -0.15) is 0 Å². The number of rotatable bonds is 70. The van der Waals surface area contributed by atoms with Gasteiger partial charge in [0.05, 0.1) is 40.3 Å². The fourth-order valence-electron chi connectivity index (χ4n) is 11.1. The van der Waals surface area contributed by atoms with E-state index in [0.717, 1.165) is 64.2 Å². The molecule has 0 fully saturated rings. The number of carboxylic acid groups (broad SMARTS) is 1. The zero-order valence-electron chi connectivity index (χ0n) is 58.2. The van der Waals surface area contributed by atoms with Gasteiger partial charge >= 0.3 is 11.9 Å². The fourth-order valence-corrected chi connectivity index (χ4v) is 11.1. The molecule has 0 rings (SSSR count). The molecule has 0 N–H and O–H groups in total. The van der Waals surface area contributed by atoms with Gasteiger partial charge in [0.2, 0.25) is 0 Å². The molecule has 0 aliphatic heterocycles. The first-order valence-corrected chi connectivity index (χ1v) is 37.4. The summed E-state index contributed by atoms with van der Waals surface area (Å²) in [6, 6.07) is 0. The van der Waals surface area contributed by atoms with Gasteiger partial charge in [-0.1, -0.05) is 351 Å². The molecule has 0 amide bonds. The molecule has 0 aromatic rings. The number of quaternary nitrogens is 1. The molecule has 0 radical (unpaired) electrons. The molecule has 9 heteroatoms. The van der Waals surface area contributed by atoms with Crippen LogP contribution in [-0.4, -0.2) is 82.3 Å². The van der Waals surface area contributed by atoms with Gasteiger partial charge in [-0.15, -0.1) is 0 Å². The quantitative estimate of drug-likeness (QED) is 0.0195. The Morgan fingerprint density at radius 1 is 0.356 bits per heavy atom. The zero-order valence-corrected chi connectivity index (χ0v) is 58.2. The monoisotopic (exact) mass is 1220 g/mol. The number of carboxylic acids is 1. The van der Waals surface area contributed by atoms with Crippen molar-refractivity contribution in [2.45, 2.75) is 373 Å². The number of esters is 2. The molecule has 0 aliphatic rings. The van der Waals surface area contributed by atoms with Crippen LogP contribution in [0.3, 0.4) is 0 Å². The Hall–Kier alpha value is -3.01. The van der Waals surface area contributed by atoms with Crippen LogP contribution in [0.25, 0.3) is 0 Å². The second kappa shape index (κ2) is 68.9. The predicted molar refractivity (Wildman–Crippen MR) is 371 cm³/mol. The molecule has 0 spiro atoms. The van der Waals surface area contributed by atoms with Gasteiger partial charge in [0.25, 0.3) is 0 Å². The van der Waals surface area contributed by atoms with E-state index in [4.69, 9.17) is 18.9 Å². The van der Waals surface area contributed by atoms with Gasteiger partial charge < -0.3 is 33.3 Å². The molecule has 0 aliphatic carbocycles. The summed E-state index contributed by atoms with van der Waals surface area (Å²) >= 11 is 0. The molecule has 2 unspecified atom stereocenters. The van der Waals surface area contributed by atoms with E-state index in [-0.39, 0.29) is 32.2 Å². The Kier molecular flexibility index (Phi) is 66.5. The highest BCUT2D eigenvalue weighted by atomic mass is 16.7. The Morgan fingerprint density at radius 3 is 0.977 bits per heavy atom. The van der Waals surface area contributed by atoms with E-state index in [1.54, 1.807) is 0 Å². The fraction of sp³-hybridized carbons (Fsp3) is 0.833. The van der Waals surface area contributed by atoms with Crippen molar-refractivity contribution in [2.75, 3.05) is 47.5 Å². The predicted octanol–water partition coefficient (Wildman–Crippen LogP) is 22.1. The Morgan fingerprint density at radius 2 is 0.655 bits per heavy atom. The largest absolute Gasteiger partial charge is 0.545 e. The Bertz CT molecular complexity index is 1610. The van der Waals surface area contributed by atoms with E-state index in [9.17, 15) is 19.5 Å². The highest BCUT2D eigenvalue weighted by molar-refractivity contribution is 5.70. The SMILES string of the molecule is CC/C=C\C/C=C\C/C=C\C/C=C\C/C=C\CCCCCCCCCCCCCCCCCCCC(=O)OC(COC(=O)CCCCCCCCCCCCCCCCCCCCCCCCCCCCCCC)COC(OCC[N+](C)(C)C)C(=O)[O-]. The summed E-state index contributed by atoms with van der Waals surface area (Å²) in [6.07, 6.45) is 87.5. The summed E-state index contributed by atoms with van der Waals surface area (Å²) in [5, 5.41) is 11.8. The molecule has 0 aromatic carbocycles. The van der Waals surface area contributed by atoms with Gasteiger partial charge in [0.1, 0.15) is 13.2 Å². The van der Waals surface area contributed by atoms with Gasteiger partial charge in [0, 0.05) is 12.8 Å². The number of nitrogens with zero attached hydrogens (tertiary/aromatic N) is 1. The number of hydrogen-bond donors (Lipinski definition) is 0. The first-order chi connectivity index (χ1) is 42.6. The van der Waals surface area contributed by atoms with E-state index in [1.165, 1.54) is 263 Å². The van der Waals surface area contributed by atoms with E-state index in [0.29, 0.717) is 23.9 Å². The first-order valence-electron chi connectivity index (χ1n) is 37.4. The van der Waals surface area contributed by atoms with Crippen LogP contribution in [0.1, 0.15) is 361 Å².